The molecule has 0 fully saturated rings. The largest absolute Gasteiger partial charge is 0.391 e. The highest BCUT2D eigenvalue weighted by Gasteiger charge is 2.13. The zero-order chi connectivity index (χ0) is 18.0. The van der Waals surface area contributed by atoms with Crippen molar-refractivity contribution in [2.24, 2.45) is 0 Å². The van der Waals surface area contributed by atoms with Gasteiger partial charge in [-0.25, -0.2) is 0 Å². The van der Waals surface area contributed by atoms with Crippen LogP contribution < -0.4 is 0 Å². The summed E-state index contributed by atoms with van der Waals surface area (Å²) in [6.07, 6.45) is 13.6. The van der Waals surface area contributed by atoms with Crippen molar-refractivity contribution in [3.05, 3.63) is 0 Å². The molecule has 0 aliphatic carbocycles. The van der Waals surface area contributed by atoms with Crippen molar-refractivity contribution in [3.8, 4) is 0 Å². The van der Waals surface area contributed by atoms with Crippen LogP contribution in [0.25, 0.3) is 0 Å². The van der Waals surface area contributed by atoms with Crippen LogP contribution in [0.3, 0.4) is 0 Å². The summed E-state index contributed by atoms with van der Waals surface area (Å²) in [6.45, 7) is 4.40. The van der Waals surface area contributed by atoms with E-state index in [1.54, 1.807) is 0 Å². The summed E-state index contributed by atoms with van der Waals surface area (Å²) in [5.41, 5.74) is 0. The van der Waals surface area contributed by atoms with Crippen LogP contribution in [0.1, 0.15) is 90.9 Å². The van der Waals surface area contributed by atoms with E-state index < -0.39 is 27.7 Å². The first-order valence-corrected chi connectivity index (χ1v) is 13.0. The summed E-state index contributed by atoms with van der Waals surface area (Å²) in [5, 5.41) is 9.95. The van der Waals surface area contributed by atoms with Crippen molar-refractivity contribution in [2.75, 3.05) is 23.0 Å². The molecule has 0 aliphatic rings. The second-order valence-electron chi connectivity index (χ2n) is 6.81. The van der Waals surface area contributed by atoms with E-state index >= 15 is 0 Å². The molecule has 0 bridgehead atoms. The molecule has 0 aromatic heterocycles. The van der Waals surface area contributed by atoms with Crippen molar-refractivity contribution in [3.63, 3.8) is 0 Å². The topological polar surface area (TPSA) is 54.4 Å². The third-order valence-electron chi connectivity index (χ3n) is 4.21. The van der Waals surface area contributed by atoms with Crippen molar-refractivity contribution in [1.29, 1.82) is 0 Å². The van der Waals surface area contributed by atoms with E-state index in [1.807, 2.05) is 0 Å². The number of aliphatic hydroxyl groups is 1. The fraction of sp³-hybridized carbons (Fsp3) is 1.00. The van der Waals surface area contributed by atoms with Gasteiger partial charge in [-0.2, -0.15) is 0 Å². The SMILES string of the molecule is CCCCCCCCS(=O)CC(O)CS(=O)CCCCCCCC. The Morgan fingerprint density at radius 3 is 1.33 bits per heavy atom. The molecule has 0 heterocycles. The van der Waals surface area contributed by atoms with E-state index in [4.69, 9.17) is 0 Å². The van der Waals surface area contributed by atoms with Gasteiger partial charge in [0.1, 0.15) is 0 Å². The fourth-order valence-corrected chi connectivity index (χ4v) is 5.36. The fourth-order valence-electron chi connectivity index (χ4n) is 2.73. The van der Waals surface area contributed by atoms with Gasteiger partial charge in [0.2, 0.25) is 0 Å². The smallest absolute Gasteiger partial charge is 0.0770 e. The van der Waals surface area contributed by atoms with E-state index in [2.05, 4.69) is 13.8 Å². The third-order valence-corrected chi connectivity index (χ3v) is 7.21. The van der Waals surface area contributed by atoms with Gasteiger partial charge >= 0.3 is 0 Å². The summed E-state index contributed by atoms with van der Waals surface area (Å²) in [6, 6.07) is 0. The Morgan fingerprint density at radius 1 is 0.625 bits per heavy atom. The molecule has 0 amide bonds. The molecule has 3 nitrogen and oxygen atoms in total. The van der Waals surface area contributed by atoms with Crippen LogP contribution in [-0.4, -0.2) is 42.6 Å². The first-order valence-electron chi connectivity index (χ1n) is 9.98. The highest BCUT2D eigenvalue weighted by molar-refractivity contribution is 7.86. The van der Waals surface area contributed by atoms with Crippen LogP contribution in [0.4, 0.5) is 0 Å². The molecule has 2 atom stereocenters. The molecule has 0 aromatic rings. The summed E-state index contributed by atoms with van der Waals surface area (Å²) >= 11 is 0. The monoisotopic (exact) mass is 380 g/mol. The van der Waals surface area contributed by atoms with Crippen LogP contribution in [0.2, 0.25) is 0 Å². The van der Waals surface area contributed by atoms with Gasteiger partial charge in [-0.3, -0.25) is 8.42 Å². The minimum Gasteiger partial charge on any atom is -0.391 e. The molecule has 5 heteroatoms. The molecular formula is C19H40O3S2. The molecule has 0 radical (unpaired) electrons. The second-order valence-corrected chi connectivity index (χ2v) is 10.1. The Labute approximate surface area is 155 Å². The van der Waals surface area contributed by atoms with Crippen LogP contribution in [0, 0.1) is 0 Å². The quantitative estimate of drug-likeness (QED) is 0.354. The van der Waals surface area contributed by atoms with Gasteiger partial charge in [0, 0.05) is 33.1 Å². The molecule has 146 valence electrons. The number of unbranched alkanes of at least 4 members (excludes halogenated alkanes) is 10. The predicted molar refractivity (Wildman–Crippen MR) is 109 cm³/mol. The normalized spacial score (nSPS) is 15.3. The van der Waals surface area contributed by atoms with Gasteiger partial charge in [0.15, 0.2) is 0 Å². The van der Waals surface area contributed by atoms with E-state index in [9.17, 15) is 13.5 Å². The lowest BCUT2D eigenvalue weighted by atomic mass is 10.1. The minimum absolute atomic E-state index is 0.289. The van der Waals surface area contributed by atoms with Gasteiger partial charge in [0.05, 0.1) is 17.6 Å². The van der Waals surface area contributed by atoms with E-state index in [-0.39, 0.29) is 11.5 Å². The van der Waals surface area contributed by atoms with Crippen LogP contribution in [0.5, 0.6) is 0 Å². The maximum atomic E-state index is 11.9. The Balaban J connectivity index is 3.56. The first-order chi connectivity index (χ1) is 11.6. The number of aliphatic hydroxyl groups excluding tert-OH is 1. The van der Waals surface area contributed by atoms with Crippen LogP contribution in [0.15, 0.2) is 0 Å². The lowest BCUT2D eigenvalue weighted by Gasteiger charge is -2.10. The van der Waals surface area contributed by atoms with Crippen LogP contribution >= 0.6 is 0 Å². The number of hydrogen-bond donors (Lipinski definition) is 1. The number of rotatable bonds is 18. The van der Waals surface area contributed by atoms with Crippen molar-refractivity contribution in [1.82, 2.24) is 0 Å². The van der Waals surface area contributed by atoms with Gasteiger partial charge < -0.3 is 5.11 Å². The van der Waals surface area contributed by atoms with Gasteiger partial charge in [-0.05, 0) is 12.8 Å². The van der Waals surface area contributed by atoms with Crippen molar-refractivity contribution >= 4 is 21.6 Å². The molecule has 0 aliphatic heterocycles. The average molecular weight is 381 g/mol. The maximum Gasteiger partial charge on any atom is 0.0770 e. The second kappa shape index (κ2) is 18.1. The lowest BCUT2D eigenvalue weighted by Crippen LogP contribution is -2.25. The lowest BCUT2D eigenvalue weighted by molar-refractivity contribution is 0.223. The summed E-state index contributed by atoms with van der Waals surface area (Å²) in [5.74, 6) is 1.93. The molecular weight excluding hydrogens is 340 g/mol. The summed E-state index contributed by atoms with van der Waals surface area (Å²) in [7, 11) is -1.94. The molecule has 0 aromatic carbocycles. The van der Waals surface area contributed by atoms with E-state index in [0.29, 0.717) is 11.5 Å². The minimum atomic E-state index is -0.969. The van der Waals surface area contributed by atoms with Gasteiger partial charge in [-0.15, -0.1) is 0 Å². The van der Waals surface area contributed by atoms with Gasteiger partial charge in [-0.1, -0.05) is 78.1 Å². The Kier molecular flexibility index (Phi) is 18.3. The molecule has 2 unspecified atom stereocenters. The average Bonchev–Trinajstić information content (AvgIpc) is 2.53. The van der Waals surface area contributed by atoms with E-state index in [0.717, 1.165) is 25.7 Å². The first kappa shape index (κ1) is 24.3. The highest BCUT2D eigenvalue weighted by atomic mass is 32.2. The van der Waals surface area contributed by atoms with Crippen LogP contribution in [-0.2, 0) is 21.6 Å². The van der Waals surface area contributed by atoms with Crippen molar-refractivity contribution < 1.29 is 13.5 Å². The molecule has 0 saturated carbocycles. The maximum absolute atomic E-state index is 11.9. The molecule has 1 N–H and O–H groups in total. The standard InChI is InChI=1S/C19H40O3S2/c1-3-5-7-9-11-13-15-23(21)17-19(20)18-24(22)16-14-12-10-8-6-4-2/h19-20H,3-18H2,1-2H3. The van der Waals surface area contributed by atoms with Crippen molar-refractivity contribution in [2.45, 2.75) is 97.0 Å². The Hall–Kier alpha value is 0.260. The van der Waals surface area contributed by atoms with E-state index in [1.165, 1.54) is 51.4 Å². The van der Waals surface area contributed by atoms with Gasteiger partial charge in [0.25, 0.3) is 0 Å². The Morgan fingerprint density at radius 2 is 0.958 bits per heavy atom. The third kappa shape index (κ3) is 17.1. The predicted octanol–water partition coefficient (Wildman–Crippen LogP) is 4.57. The molecule has 0 spiro atoms. The Bertz CT molecular complexity index is 292. The summed E-state index contributed by atoms with van der Waals surface area (Å²) < 4.78 is 23.9. The molecule has 24 heavy (non-hydrogen) atoms. The zero-order valence-corrected chi connectivity index (χ0v) is 17.6. The zero-order valence-electron chi connectivity index (χ0n) is 16.0. The highest BCUT2D eigenvalue weighted by Crippen LogP contribution is 2.08. The summed E-state index contributed by atoms with van der Waals surface area (Å²) in [4.78, 5) is 0. The molecule has 0 saturated heterocycles. The number of hydrogen-bond acceptors (Lipinski definition) is 3. The molecule has 0 rings (SSSR count).